The lowest BCUT2D eigenvalue weighted by molar-refractivity contribution is -0.130. The molecule has 2 aromatic carbocycles. The van der Waals surface area contributed by atoms with Crippen LogP contribution in [0.5, 0.6) is 0 Å². The zero-order valence-electron chi connectivity index (χ0n) is 19.9. The number of amides is 2. The minimum atomic E-state index is -0.649. The Morgan fingerprint density at radius 3 is 2.61 bits per heavy atom. The maximum Gasteiger partial charge on any atom is 0.224 e. The van der Waals surface area contributed by atoms with Crippen LogP contribution in [0.15, 0.2) is 60.7 Å². The fourth-order valence-electron chi connectivity index (χ4n) is 3.79. The summed E-state index contributed by atoms with van der Waals surface area (Å²) in [5.74, 6) is -1.54. The second-order valence-corrected chi connectivity index (χ2v) is 10.00. The SMILES string of the molecule is C=C(C#N)C(=O)CC[C@H](Cc1ccccc1)NC(=O)[C@@H](CC(=O)NC)Cc1nc2ccc(Cl)cc2s1. The number of halogens is 1. The number of aromatic nitrogens is 1. The summed E-state index contributed by atoms with van der Waals surface area (Å²) in [5.41, 5.74) is 1.69. The number of fused-ring (bicyclic) bond motifs is 1. The molecule has 186 valence electrons. The Balaban J connectivity index is 1.78. The van der Waals surface area contributed by atoms with Crippen molar-refractivity contribution < 1.29 is 14.4 Å². The molecular formula is C27H27ClN4O3S. The molecule has 0 aliphatic carbocycles. The van der Waals surface area contributed by atoms with Crippen LogP contribution >= 0.6 is 22.9 Å². The predicted octanol–water partition coefficient (Wildman–Crippen LogP) is 4.40. The average molecular weight is 523 g/mol. The molecule has 0 spiro atoms. The molecule has 9 heteroatoms. The summed E-state index contributed by atoms with van der Waals surface area (Å²) in [6.07, 6.45) is 1.22. The summed E-state index contributed by atoms with van der Waals surface area (Å²) in [5, 5.41) is 15.9. The van der Waals surface area contributed by atoms with E-state index in [4.69, 9.17) is 16.9 Å². The number of hydrogen-bond donors (Lipinski definition) is 2. The van der Waals surface area contributed by atoms with Gasteiger partial charge in [0.25, 0.3) is 0 Å². The van der Waals surface area contributed by atoms with Crippen LogP contribution in [-0.2, 0) is 27.2 Å². The Morgan fingerprint density at radius 1 is 1.17 bits per heavy atom. The van der Waals surface area contributed by atoms with Crippen LogP contribution in [0.2, 0.25) is 5.02 Å². The highest BCUT2D eigenvalue weighted by Gasteiger charge is 2.26. The van der Waals surface area contributed by atoms with Gasteiger partial charge in [-0.05, 0) is 36.6 Å². The third-order valence-electron chi connectivity index (χ3n) is 5.76. The number of hydrogen-bond acceptors (Lipinski definition) is 6. The van der Waals surface area contributed by atoms with Gasteiger partial charge >= 0.3 is 0 Å². The summed E-state index contributed by atoms with van der Waals surface area (Å²) in [4.78, 5) is 42.4. The van der Waals surface area contributed by atoms with E-state index in [0.29, 0.717) is 24.3 Å². The minimum absolute atomic E-state index is 0.00123. The maximum absolute atomic E-state index is 13.4. The van der Waals surface area contributed by atoms with E-state index in [9.17, 15) is 14.4 Å². The van der Waals surface area contributed by atoms with Gasteiger partial charge in [0, 0.05) is 37.4 Å². The number of nitrogens with one attached hydrogen (secondary N) is 2. The molecule has 0 saturated heterocycles. The van der Waals surface area contributed by atoms with E-state index in [1.54, 1.807) is 12.1 Å². The Labute approximate surface area is 219 Å². The Morgan fingerprint density at radius 2 is 1.92 bits per heavy atom. The molecule has 2 atom stereocenters. The van der Waals surface area contributed by atoms with E-state index < -0.39 is 5.92 Å². The summed E-state index contributed by atoms with van der Waals surface area (Å²) >= 11 is 7.53. The number of nitriles is 1. The predicted molar refractivity (Wildman–Crippen MR) is 142 cm³/mol. The van der Waals surface area contributed by atoms with E-state index in [1.807, 2.05) is 42.5 Å². The highest BCUT2D eigenvalue weighted by molar-refractivity contribution is 7.18. The van der Waals surface area contributed by atoms with Gasteiger partial charge in [-0.2, -0.15) is 5.26 Å². The van der Waals surface area contributed by atoms with Crippen molar-refractivity contribution in [1.82, 2.24) is 15.6 Å². The first kappa shape index (κ1) is 27.1. The molecular weight excluding hydrogens is 496 g/mol. The highest BCUT2D eigenvalue weighted by atomic mass is 35.5. The molecule has 7 nitrogen and oxygen atoms in total. The molecule has 2 amide bonds. The Kier molecular flexibility index (Phi) is 9.74. The number of thiazole rings is 1. The van der Waals surface area contributed by atoms with Crippen LogP contribution in [0.1, 0.15) is 29.8 Å². The second kappa shape index (κ2) is 13.0. The maximum atomic E-state index is 13.4. The van der Waals surface area contributed by atoms with Crippen LogP contribution in [0, 0.1) is 17.2 Å². The summed E-state index contributed by atoms with van der Waals surface area (Å²) in [6, 6.07) is 16.4. The van der Waals surface area contributed by atoms with E-state index in [0.717, 1.165) is 20.8 Å². The number of ketones is 1. The van der Waals surface area contributed by atoms with Gasteiger partial charge in [0.05, 0.1) is 26.7 Å². The minimum Gasteiger partial charge on any atom is -0.359 e. The standard InChI is InChI=1S/C27H27ClN4O3S/c1-17(16-29)23(33)11-9-21(12-18-6-4-3-5-7-18)31-27(35)19(13-25(34)30-2)14-26-32-22-10-8-20(28)15-24(22)36-26/h3-8,10,15,19,21H,1,9,11-14H2,2H3,(H,30,34)(H,31,35)/t19-,21+/m0/s1. The van der Waals surface area contributed by atoms with Crippen LogP contribution in [0.25, 0.3) is 10.2 Å². The summed E-state index contributed by atoms with van der Waals surface area (Å²) in [6.45, 7) is 3.48. The fourth-order valence-corrected chi connectivity index (χ4v) is 5.11. The first-order valence-electron chi connectivity index (χ1n) is 11.5. The first-order valence-corrected chi connectivity index (χ1v) is 12.7. The number of allylic oxidation sites excluding steroid dienone is 1. The van der Waals surface area contributed by atoms with Gasteiger partial charge in [-0.1, -0.05) is 48.5 Å². The van der Waals surface area contributed by atoms with Crippen molar-refractivity contribution in [1.29, 1.82) is 5.26 Å². The lowest BCUT2D eigenvalue weighted by Gasteiger charge is -2.22. The van der Waals surface area contributed by atoms with Crippen molar-refractivity contribution in [2.24, 2.45) is 5.92 Å². The average Bonchev–Trinajstić information content (AvgIpc) is 3.27. The molecule has 1 heterocycles. The van der Waals surface area contributed by atoms with Crippen LogP contribution in [0.4, 0.5) is 0 Å². The molecule has 36 heavy (non-hydrogen) atoms. The molecule has 0 radical (unpaired) electrons. The largest absolute Gasteiger partial charge is 0.359 e. The van der Waals surface area contributed by atoms with Crippen molar-refractivity contribution in [3.8, 4) is 6.07 Å². The number of nitrogens with zero attached hydrogens (tertiary/aromatic N) is 2. The number of benzene rings is 2. The van der Waals surface area contributed by atoms with Crippen molar-refractivity contribution in [2.45, 2.75) is 38.1 Å². The zero-order chi connectivity index (χ0) is 26.1. The van der Waals surface area contributed by atoms with E-state index in [1.165, 1.54) is 18.4 Å². The molecule has 0 saturated carbocycles. The van der Waals surface area contributed by atoms with Crippen LogP contribution in [-0.4, -0.2) is 35.7 Å². The number of Topliss-reactive ketones (excluding diaryl/α,β-unsaturated/α-hetero) is 1. The third-order valence-corrected chi connectivity index (χ3v) is 7.04. The molecule has 0 fully saturated rings. The number of carbonyl (C=O) groups is 3. The summed E-state index contributed by atoms with van der Waals surface area (Å²) in [7, 11) is 1.53. The lowest BCUT2D eigenvalue weighted by Crippen LogP contribution is -2.42. The van der Waals surface area contributed by atoms with Gasteiger partial charge in [0.15, 0.2) is 5.78 Å². The lowest BCUT2D eigenvalue weighted by atomic mass is 9.96. The van der Waals surface area contributed by atoms with Crippen LogP contribution in [0.3, 0.4) is 0 Å². The number of rotatable bonds is 12. The molecule has 0 bridgehead atoms. The summed E-state index contributed by atoms with van der Waals surface area (Å²) < 4.78 is 0.912. The van der Waals surface area contributed by atoms with Gasteiger partial charge in [-0.15, -0.1) is 11.3 Å². The van der Waals surface area contributed by atoms with Crippen LogP contribution < -0.4 is 10.6 Å². The quantitative estimate of drug-likeness (QED) is 0.270. The van der Waals surface area contributed by atoms with E-state index in [2.05, 4.69) is 22.2 Å². The molecule has 1 aromatic heterocycles. The topological polar surface area (TPSA) is 112 Å². The van der Waals surface area contributed by atoms with Gasteiger partial charge < -0.3 is 10.6 Å². The molecule has 0 aliphatic rings. The Hall–Kier alpha value is -3.54. The van der Waals surface area contributed by atoms with Gasteiger partial charge in [0.2, 0.25) is 11.8 Å². The van der Waals surface area contributed by atoms with Crippen molar-refractivity contribution in [3.05, 3.63) is 76.3 Å². The van der Waals surface area contributed by atoms with Crippen molar-refractivity contribution in [2.75, 3.05) is 7.05 Å². The van der Waals surface area contributed by atoms with Crippen molar-refractivity contribution >= 4 is 50.8 Å². The highest BCUT2D eigenvalue weighted by Crippen LogP contribution is 2.27. The smallest absolute Gasteiger partial charge is 0.224 e. The molecule has 0 unspecified atom stereocenters. The molecule has 2 N–H and O–H groups in total. The van der Waals surface area contributed by atoms with Crippen molar-refractivity contribution in [3.63, 3.8) is 0 Å². The number of carbonyl (C=O) groups excluding carboxylic acids is 3. The fraction of sp³-hybridized carbons (Fsp3) is 0.296. The van der Waals surface area contributed by atoms with E-state index >= 15 is 0 Å². The first-order chi connectivity index (χ1) is 17.3. The molecule has 0 aliphatic heterocycles. The second-order valence-electron chi connectivity index (χ2n) is 8.45. The van der Waals surface area contributed by atoms with Gasteiger partial charge in [0.1, 0.15) is 6.07 Å². The van der Waals surface area contributed by atoms with Gasteiger partial charge in [-0.25, -0.2) is 4.98 Å². The van der Waals surface area contributed by atoms with Gasteiger partial charge in [-0.3, -0.25) is 14.4 Å². The zero-order valence-corrected chi connectivity index (χ0v) is 21.5. The van der Waals surface area contributed by atoms with E-state index in [-0.39, 0.29) is 42.1 Å². The Bertz CT molecular complexity index is 1300. The third kappa shape index (κ3) is 7.74. The normalized spacial score (nSPS) is 12.4. The molecule has 3 rings (SSSR count). The molecule has 3 aromatic rings. The monoisotopic (exact) mass is 522 g/mol.